The van der Waals surface area contributed by atoms with Gasteiger partial charge in [-0.1, -0.05) is 18.6 Å². The van der Waals surface area contributed by atoms with Crippen LogP contribution in [0.1, 0.15) is 25.7 Å². The fourth-order valence-electron chi connectivity index (χ4n) is 4.01. The van der Waals surface area contributed by atoms with Crippen LogP contribution in [-0.4, -0.2) is 30.4 Å². The molecular weight excluding hydrogens is 296 g/mol. The molecule has 0 aromatic heterocycles. The molecule has 0 radical (unpaired) electrons. The Morgan fingerprint density at radius 3 is 2.82 bits per heavy atom. The maximum atomic E-state index is 5.93. The van der Waals surface area contributed by atoms with Crippen LogP contribution >= 0.6 is 12.2 Å². The number of fused-ring (bicyclic) bond motifs is 3. The molecule has 2 N–H and O–H groups in total. The minimum absolute atomic E-state index is 0.00493. The maximum Gasteiger partial charge on any atom is 0.166 e. The van der Waals surface area contributed by atoms with Crippen molar-refractivity contribution in [3.63, 3.8) is 0 Å². The summed E-state index contributed by atoms with van der Waals surface area (Å²) in [5.41, 5.74) is 0. The summed E-state index contributed by atoms with van der Waals surface area (Å²) in [4.78, 5) is 0. The zero-order valence-electron chi connectivity index (χ0n) is 12.6. The highest BCUT2D eigenvalue weighted by Crippen LogP contribution is 2.44. The van der Waals surface area contributed by atoms with Crippen molar-refractivity contribution in [1.29, 1.82) is 0 Å². The monoisotopic (exact) mass is 318 g/mol. The lowest BCUT2D eigenvalue weighted by Crippen LogP contribution is -2.48. The van der Waals surface area contributed by atoms with Crippen LogP contribution in [0.4, 0.5) is 0 Å². The van der Waals surface area contributed by atoms with Gasteiger partial charge in [-0.05, 0) is 55.4 Å². The van der Waals surface area contributed by atoms with Crippen LogP contribution in [0, 0.1) is 11.8 Å². The molecule has 1 heterocycles. The Kier molecular flexibility index (Phi) is 3.82. The Morgan fingerprint density at radius 2 is 2.05 bits per heavy atom. The van der Waals surface area contributed by atoms with E-state index in [4.69, 9.17) is 21.7 Å². The van der Waals surface area contributed by atoms with Crippen LogP contribution in [-0.2, 0) is 0 Å². The molecule has 3 aliphatic rings. The highest BCUT2D eigenvalue weighted by Gasteiger charge is 2.39. The summed E-state index contributed by atoms with van der Waals surface area (Å²) in [6.45, 7) is 1.22. The van der Waals surface area contributed by atoms with Gasteiger partial charge in [-0.25, -0.2) is 0 Å². The van der Waals surface area contributed by atoms with Crippen molar-refractivity contribution in [2.45, 2.75) is 37.8 Å². The lowest BCUT2D eigenvalue weighted by molar-refractivity contribution is 0.0937. The number of rotatable bonds is 3. The number of thiocarbonyl (C=S) groups is 1. The van der Waals surface area contributed by atoms with Crippen LogP contribution in [0.25, 0.3) is 0 Å². The zero-order valence-corrected chi connectivity index (χ0v) is 13.4. The summed E-state index contributed by atoms with van der Waals surface area (Å²) in [5, 5.41) is 7.53. The van der Waals surface area contributed by atoms with Crippen molar-refractivity contribution in [2.75, 3.05) is 13.2 Å². The highest BCUT2D eigenvalue weighted by molar-refractivity contribution is 7.80. The van der Waals surface area contributed by atoms with Crippen LogP contribution in [0.2, 0.25) is 0 Å². The fourth-order valence-corrected chi connectivity index (χ4v) is 4.25. The lowest BCUT2D eigenvalue weighted by atomic mass is 9.96. The van der Waals surface area contributed by atoms with Gasteiger partial charge in [0.2, 0.25) is 0 Å². The first kappa shape index (κ1) is 14.1. The van der Waals surface area contributed by atoms with Gasteiger partial charge in [-0.2, -0.15) is 0 Å². The first-order chi connectivity index (χ1) is 10.8. The Bertz CT molecular complexity index is 565. The summed E-state index contributed by atoms with van der Waals surface area (Å²) in [5.74, 6) is 3.39. The molecule has 2 saturated carbocycles. The minimum atomic E-state index is -0.00493. The molecule has 0 saturated heterocycles. The summed E-state index contributed by atoms with van der Waals surface area (Å²) in [6.07, 6.45) is 5.44. The van der Waals surface area contributed by atoms with Gasteiger partial charge >= 0.3 is 0 Å². The normalized spacial score (nSPS) is 31.8. The smallest absolute Gasteiger partial charge is 0.166 e. The van der Waals surface area contributed by atoms with Crippen LogP contribution in [0.15, 0.2) is 24.3 Å². The summed E-state index contributed by atoms with van der Waals surface area (Å²) in [6, 6.07) is 8.35. The van der Waals surface area contributed by atoms with Gasteiger partial charge in [0.05, 0.1) is 6.54 Å². The molecule has 4 atom stereocenters. The van der Waals surface area contributed by atoms with E-state index < -0.39 is 0 Å². The lowest BCUT2D eigenvalue weighted by Gasteiger charge is -2.28. The molecule has 5 heteroatoms. The molecule has 0 amide bonds. The highest BCUT2D eigenvalue weighted by atomic mass is 32.1. The van der Waals surface area contributed by atoms with Gasteiger partial charge in [-0.3, -0.25) is 0 Å². The van der Waals surface area contributed by atoms with E-state index in [2.05, 4.69) is 10.6 Å². The number of hydrogen-bond donors (Lipinski definition) is 2. The van der Waals surface area contributed by atoms with Gasteiger partial charge in [-0.15, -0.1) is 0 Å². The summed E-state index contributed by atoms with van der Waals surface area (Å²) < 4.78 is 11.6. The largest absolute Gasteiger partial charge is 0.486 e. The van der Waals surface area contributed by atoms with Crippen LogP contribution < -0.4 is 20.1 Å². The molecule has 2 aliphatic carbocycles. The first-order valence-electron chi connectivity index (χ1n) is 8.21. The van der Waals surface area contributed by atoms with Crippen molar-refractivity contribution in [1.82, 2.24) is 10.6 Å². The average molecular weight is 318 g/mol. The van der Waals surface area contributed by atoms with Gasteiger partial charge in [0.25, 0.3) is 0 Å². The SMILES string of the molecule is S=C(NCC1COc2ccccc2O1)NC1CC2CCC1C2. The van der Waals surface area contributed by atoms with Crippen molar-refractivity contribution in [3.8, 4) is 11.5 Å². The molecule has 4 unspecified atom stereocenters. The average Bonchev–Trinajstić information content (AvgIpc) is 3.15. The van der Waals surface area contributed by atoms with Crippen molar-refractivity contribution in [2.24, 2.45) is 11.8 Å². The zero-order chi connectivity index (χ0) is 14.9. The van der Waals surface area contributed by atoms with E-state index in [9.17, 15) is 0 Å². The second kappa shape index (κ2) is 5.95. The quantitative estimate of drug-likeness (QED) is 0.838. The molecule has 1 aliphatic heterocycles. The molecule has 1 aromatic carbocycles. The van der Waals surface area contributed by atoms with Crippen molar-refractivity contribution < 1.29 is 9.47 Å². The number of hydrogen-bond acceptors (Lipinski definition) is 3. The van der Waals surface area contributed by atoms with E-state index in [0.717, 1.165) is 28.4 Å². The van der Waals surface area contributed by atoms with E-state index in [-0.39, 0.29) is 6.10 Å². The molecule has 22 heavy (non-hydrogen) atoms. The molecular formula is C17H22N2O2S. The number of nitrogens with one attached hydrogen (secondary N) is 2. The number of benzene rings is 1. The third kappa shape index (κ3) is 2.86. The molecule has 2 fully saturated rings. The predicted octanol–water partition coefficient (Wildman–Crippen LogP) is 2.48. The van der Waals surface area contributed by atoms with E-state index >= 15 is 0 Å². The Balaban J connectivity index is 1.24. The topological polar surface area (TPSA) is 42.5 Å². The Labute approximate surface area is 136 Å². The maximum absolute atomic E-state index is 5.93. The van der Waals surface area contributed by atoms with Crippen molar-refractivity contribution in [3.05, 3.63) is 24.3 Å². The second-order valence-electron chi connectivity index (χ2n) is 6.63. The van der Waals surface area contributed by atoms with Crippen LogP contribution in [0.3, 0.4) is 0 Å². The third-order valence-corrected chi connectivity index (χ3v) is 5.37. The molecule has 118 valence electrons. The molecule has 1 aromatic rings. The van der Waals surface area contributed by atoms with Gasteiger partial charge in [0.1, 0.15) is 12.7 Å². The van der Waals surface area contributed by atoms with E-state index in [0.29, 0.717) is 19.2 Å². The van der Waals surface area contributed by atoms with E-state index in [1.165, 1.54) is 25.7 Å². The molecule has 0 spiro atoms. The predicted molar refractivity (Wildman–Crippen MR) is 89.3 cm³/mol. The first-order valence-corrected chi connectivity index (χ1v) is 8.61. The van der Waals surface area contributed by atoms with Gasteiger partial charge < -0.3 is 20.1 Å². The number of ether oxygens (including phenoxy) is 2. The third-order valence-electron chi connectivity index (χ3n) is 5.11. The summed E-state index contributed by atoms with van der Waals surface area (Å²) in [7, 11) is 0. The van der Waals surface area contributed by atoms with Gasteiger partial charge in [0.15, 0.2) is 16.6 Å². The fraction of sp³-hybridized carbons (Fsp3) is 0.588. The Morgan fingerprint density at radius 1 is 1.18 bits per heavy atom. The summed E-state index contributed by atoms with van der Waals surface area (Å²) >= 11 is 5.43. The molecule has 2 bridgehead atoms. The van der Waals surface area contributed by atoms with E-state index in [1.54, 1.807) is 0 Å². The minimum Gasteiger partial charge on any atom is -0.486 e. The number of para-hydroxylation sites is 2. The van der Waals surface area contributed by atoms with Crippen molar-refractivity contribution >= 4 is 17.3 Å². The van der Waals surface area contributed by atoms with Gasteiger partial charge in [0, 0.05) is 6.04 Å². The standard InChI is InChI=1S/C17H22N2O2S/c22-17(19-14-8-11-5-6-12(14)7-11)18-9-13-10-20-15-3-1-2-4-16(15)21-13/h1-4,11-14H,5-10H2,(H2,18,19,22). The second-order valence-corrected chi connectivity index (χ2v) is 7.04. The van der Waals surface area contributed by atoms with E-state index in [1.807, 2.05) is 24.3 Å². The molecule has 4 nitrogen and oxygen atoms in total. The Hall–Kier alpha value is -1.49. The molecule has 4 rings (SSSR count). The van der Waals surface area contributed by atoms with Crippen LogP contribution in [0.5, 0.6) is 11.5 Å².